The summed E-state index contributed by atoms with van der Waals surface area (Å²) in [6, 6.07) is 9.72. The summed E-state index contributed by atoms with van der Waals surface area (Å²) in [5, 5.41) is 16.7. The van der Waals surface area contributed by atoms with E-state index < -0.39 is 0 Å². The molecule has 0 aliphatic rings. The van der Waals surface area contributed by atoms with Crippen molar-refractivity contribution >= 4 is 5.91 Å². The summed E-state index contributed by atoms with van der Waals surface area (Å²) in [7, 11) is 0. The number of hydrogen-bond acceptors (Lipinski definition) is 3. The van der Waals surface area contributed by atoms with Gasteiger partial charge in [0.15, 0.2) is 0 Å². The molecule has 0 aliphatic carbocycles. The number of hydrogen-bond donors (Lipinski definition) is 2. The molecule has 1 aromatic heterocycles. The third-order valence-electron chi connectivity index (χ3n) is 4.37. The van der Waals surface area contributed by atoms with E-state index >= 15 is 0 Å². The van der Waals surface area contributed by atoms with Gasteiger partial charge in [0.2, 0.25) is 0 Å². The first-order chi connectivity index (χ1) is 11.8. The van der Waals surface area contributed by atoms with Crippen LogP contribution in [0.2, 0.25) is 0 Å². The third kappa shape index (κ3) is 5.71. The van der Waals surface area contributed by atoms with Gasteiger partial charge >= 0.3 is 0 Å². The number of aryl methyl sites for hydroxylation is 2. The second kappa shape index (κ2) is 8.30. The molecule has 25 heavy (non-hydrogen) atoms. The van der Waals surface area contributed by atoms with Gasteiger partial charge in [-0.2, -0.15) is 5.10 Å². The Hall–Kier alpha value is -2.14. The van der Waals surface area contributed by atoms with E-state index in [-0.39, 0.29) is 17.9 Å². The molecule has 136 valence electrons. The van der Waals surface area contributed by atoms with Gasteiger partial charge < -0.3 is 10.4 Å². The molecule has 5 nitrogen and oxygen atoms in total. The number of carbonyl (C=O) groups excluding carboxylic acids is 1. The van der Waals surface area contributed by atoms with Gasteiger partial charge in [0.25, 0.3) is 5.91 Å². The average molecular weight is 343 g/mol. The Bertz CT molecular complexity index is 719. The highest BCUT2D eigenvalue weighted by Crippen LogP contribution is 2.20. The van der Waals surface area contributed by atoms with E-state index in [4.69, 9.17) is 0 Å². The Morgan fingerprint density at radius 2 is 2.04 bits per heavy atom. The molecule has 1 amide bonds. The van der Waals surface area contributed by atoms with Crippen molar-refractivity contribution in [2.75, 3.05) is 13.2 Å². The molecular weight excluding hydrogens is 314 g/mol. The van der Waals surface area contributed by atoms with Crippen molar-refractivity contribution < 1.29 is 9.90 Å². The van der Waals surface area contributed by atoms with Crippen LogP contribution in [0.3, 0.4) is 0 Å². The van der Waals surface area contributed by atoms with E-state index in [1.54, 1.807) is 0 Å². The van der Waals surface area contributed by atoms with E-state index in [9.17, 15) is 9.90 Å². The number of aromatic nitrogens is 2. The maximum Gasteiger partial charge on any atom is 0.251 e. The zero-order valence-electron chi connectivity index (χ0n) is 15.7. The predicted octanol–water partition coefficient (Wildman–Crippen LogP) is 3.08. The molecule has 0 saturated carbocycles. The highest BCUT2D eigenvalue weighted by molar-refractivity contribution is 5.94. The Balaban J connectivity index is 1.91. The number of aliphatic hydroxyl groups excluding tert-OH is 1. The van der Waals surface area contributed by atoms with Gasteiger partial charge in [0.1, 0.15) is 0 Å². The molecule has 0 bridgehead atoms. The number of carbonyl (C=O) groups is 1. The van der Waals surface area contributed by atoms with Crippen LogP contribution >= 0.6 is 0 Å². The van der Waals surface area contributed by atoms with Crippen LogP contribution in [0.4, 0.5) is 0 Å². The standard InChI is InChI=1S/C20H29N3O2/c1-15-11-16(2)23(22-15)13-17-7-5-8-18(12-17)19(25)21-10-6-9-20(3,4)14-24/h5,7-8,11-12,24H,6,9-10,13-14H2,1-4H3,(H,21,25). The molecule has 0 atom stereocenters. The lowest BCUT2D eigenvalue weighted by atomic mass is 9.89. The molecule has 2 aromatic rings. The van der Waals surface area contributed by atoms with Gasteiger partial charge in [-0.05, 0) is 55.9 Å². The molecular formula is C20H29N3O2. The summed E-state index contributed by atoms with van der Waals surface area (Å²) in [6.45, 7) is 9.50. The minimum atomic E-state index is -0.0929. The van der Waals surface area contributed by atoms with E-state index in [1.165, 1.54) is 0 Å². The molecule has 0 unspecified atom stereocenters. The number of aliphatic hydroxyl groups is 1. The van der Waals surface area contributed by atoms with Crippen LogP contribution < -0.4 is 5.32 Å². The van der Waals surface area contributed by atoms with Gasteiger partial charge in [-0.1, -0.05) is 26.0 Å². The first kappa shape index (κ1) is 19.2. The van der Waals surface area contributed by atoms with Gasteiger partial charge in [-0.3, -0.25) is 9.48 Å². The average Bonchev–Trinajstić information content (AvgIpc) is 2.89. The fourth-order valence-corrected chi connectivity index (χ4v) is 2.77. The second-order valence-electron chi connectivity index (χ2n) is 7.47. The van der Waals surface area contributed by atoms with Crippen LogP contribution in [-0.4, -0.2) is 33.9 Å². The summed E-state index contributed by atoms with van der Waals surface area (Å²) in [4.78, 5) is 12.3. The van der Waals surface area contributed by atoms with Crippen LogP contribution in [0.25, 0.3) is 0 Å². The van der Waals surface area contributed by atoms with Crippen LogP contribution in [-0.2, 0) is 6.54 Å². The molecule has 0 fully saturated rings. The first-order valence-corrected chi connectivity index (χ1v) is 8.80. The summed E-state index contributed by atoms with van der Waals surface area (Å²) in [5.74, 6) is -0.0583. The number of benzene rings is 1. The summed E-state index contributed by atoms with van der Waals surface area (Å²) in [6.07, 6.45) is 1.73. The van der Waals surface area contributed by atoms with E-state index in [1.807, 2.05) is 62.7 Å². The summed E-state index contributed by atoms with van der Waals surface area (Å²) in [5.41, 5.74) is 3.74. The van der Waals surface area contributed by atoms with Gasteiger partial charge in [0.05, 0.1) is 12.2 Å². The Morgan fingerprint density at radius 3 is 2.68 bits per heavy atom. The van der Waals surface area contributed by atoms with E-state index in [0.29, 0.717) is 18.7 Å². The molecule has 0 saturated heterocycles. The van der Waals surface area contributed by atoms with Crippen molar-refractivity contribution in [3.8, 4) is 0 Å². The third-order valence-corrected chi connectivity index (χ3v) is 4.37. The number of rotatable bonds is 8. The SMILES string of the molecule is Cc1cc(C)n(Cc2cccc(C(=O)NCCCC(C)(C)CO)c2)n1. The van der Waals surface area contributed by atoms with Gasteiger partial charge in [-0.15, -0.1) is 0 Å². The monoisotopic (exact) mass is 343 g/mol. The van der Waals surface area contributed by atoms with Crippen molar-refractivity contribution in [3.05, 3.63) is 52.8 Å². The predicted molar refractivity (Wildman–Crippen MR) is 99.7 cm³/mol. The van der Waals surface area contributed by atoms with Crippen LogP contribution in [0.15, 0.2) is 30.3 Å². The van der Waals surface area contributed by atoms with E-state index in [0.717, 1.165) is 29.8 Å². The Labute approximate surface area is 150 Å². The van der Waals surface area contributed by atoms with Gasteiger partial charge in [-0.25, -0.2) is 0 Å². The van der Waals surface area contributed by atoms with Crippen molar-refractivity contribution in [1.29, 1.82) is 0 Å². The topological polar surface area (TPSA) is 67.2 Å². The summed E-state index contributed by atoms with van der Waals surface area (Å²) >= 11 is 0. The van der Waals surface area contributed by atoms with Crippen molar-refractivity contribution in [2.45, 2.75) is 47.1 Å². The summed E-state index contributed by atoms with van der Waals surface area (Å²) < 4.78 is 1.95. The molecule has 0 aliphatic heterocycles. The minimum absolute atomic E-state index is 0.0583. The quantitative estimate of drug-likeness (QED) is 0.724. The Morgan fingerprint density at radius 1 is 1.28 bits per heavy atom. The number of nitrogens with zero attached hydrogens (tertiary/aromatic N) is 2. The largest absolute Gasteiger partial charge is 0.396 e. The Kier molecular flexibility index (Phi) is 6.37. The molecule has 0 spiro atoms. The smallest absolute Gasteiger partial charge is 0.251 e. The second-order valence-corrected chi connectivity index (χ2v) is 7.47. The zero-order valence-corrected chi connectivity index (χ0v) is 15.7. The highest BCUT2D eigenvalue weighted by atomic mass is 16.3. The maximum atomic E-state index is 12.3. The zero-order chi connectivity index (χ0) is 18.4. The molecule has 1 aromatic carbocycles. The molecule has 2 rings (SSSR count). The van der Waals surface area contributed by atoms with Crippen LogP contribution in [0.5, 0.6) is 0 Å². The van der Waals surface area contributed by atoms with Crippen LogP contribution in [0, 0.1) is 19.3 Å². The molecule has 0 radical (unpaired) electrons. The molecule has 2 N–H and O–H groups in total. The van der Waals surface area contributed by atoms with E-state index in [2.05, 4.69) is 10.4 Å². The number of nitrogens with one attached hydrogen (secondary N) is 1. The van der Waals surface area contributed by atoms with Crippen molar-refractivity contribution in [3.63, 3.8) is 0 Å². The van der Waals surface area contributed by atoms with Crippen LogP contribution in [0.1, 0.15) is 54.0 Å². The first-order valence-electron chi connectivity index (χ1n) is 8.80. The van der Waals surface area contributed by atoms with Gasteiger partial charge in [0, 0.05) is 24.4 Å². The van der Waals surface area contributed by atoms with Crippen molar-refractivity contribution in [2.24, 2.45) is 5.41 Å². The molecule has 5 heteroatoms. The number of amides is 1. The van der Waals surface area contributed by atoms with Crippen molar-refractivity contribution in [1.82, 2.24) is 15.1 Å². The molecule has 1 heterocycles. The highest BCUT2D eigenvalue weighted by Gasteiger charge is 2.15. The lowest BCUT2D eigenvalue weighted by Crippen LogP contribution is -2.26. The minimum Gasteiger partial charge on any atom is -0.396 e. The normalized spacial score (nSPS) is 11.6. The maximum absolute atomic E-state index is 12.3. The lowest BCUT2D eigenvalue weighted by Gasteiger charge is -2.21. The fourth-order valence-electron chi connectivity index (χ4n) is 2.77. The fraction of sp³-hybridized carbons (Fsp3) is 0.500. The lowest BCUT2D eigenvalue weighted by molar-refractivity contribution is 0.0948.